The number of esters is 1. The van der Waals surface area contributed by atoms with Crippen LogP contribution in [0.4, 0.5) is 5.69 Å². The zero-order valence-electron chi connectivity index (χ0n) is 9.11. The Kier molecular flexibility index (Phi) is 4.76. The molecule has 0 radical (unpaired) electrons. The van der Waals surface area contributed by atoms with Crippen molar-refractivity contribution in [3.8, 4) is 6.07 Å². The second kappa shape index (κ2) is 6.09. The Morgan fingerprint density at radius 3 is 2.88 bits per heavy atom. The molecular weight excluding hydrogens is 244 g/mol. The normalized spacial score (nSPS) is 11.4. The Labute approximate surface area is 104 Å². The van der Waals surface area contributed by atoms with Gasteiger partial charge in [0.25, 0.3) is 0 Å². The van der Waals surface area contributed by atoms with Gasteiger partial charge in [-0.2, -0.15) is 5.26 Å². The molecule has 17 heavy (non-hydrogen) atoms. The van der Waals surface area contributed by atoms with Gasteiger partial charge in [-0.3, -0.25) is 0 Å². The van der Waals surface area contributed by atoms with Gasteiger partial charge in [0.05, 0.1) is 24.3 Å². The fraction of sp³-hybridized carbons (Fsp3) is 0.273. The molecule has 2 N–H and O–H groups in total. The summed E-state index contributed by atoms with van der Waals surface area (Å²) in [5.41, 5.74) is 0.870. The number of hydrogen-bond donors (Lipinski definition) is 2. The van der Waals surface area contributed by atoms with Crippen LogP contribution in [0.2, 0.25) is 5.02 Å². The average Bonchev–Trinajstić information content (AvgIpc) is 2.35. The molecule has 1 aromatic rings. The van der Waals surface area contributed by atoms with Gasteiger partial charge in [-0.1, -0.05) is 11.6 Å². The van der Waals surface area contributed by atoms with Crippen molar-refractivity contribution in [2.75, 3.05) is 19.0 Å². The molecule has 0 spiro atoms. The Balaban J connectivity index is 2.85. The molecule has 0 unspecified atom stereocenters. The molecule has 0 aromatic heterocycles. The third kappa shape index (κ3) is 3.34. The van der Waals surface area contributed by atoms with Gasteiger partial charge >= 0.3 is 5.97 Å². The van der Waals surface area contributed by atoms with E-state index >= 15 is 0 Å². The molecule has 5 nitrogen and oxygen atoms in total. The molecule has 0 fully saturated rings. The van der Waals surface area contributed by atoms with E-state index in [1.54, 1.807) is 6.07 Å². The first-order valence-electron chi connectivity index (χ1n) is 4.77. The molecule has 1 aromatic carbocycles. The van der Waals surface area contributed by atoms with Crippen molar-refractivity contribution in [3.05, 3.63) is 28.8 Å². The molecular formula is C11H11ClN2O3. The SMILES string of the molecule is COC(=O)[C@@H](CO)Nc1ccc(C#N)c(Cl)c1. The van der Waals surface area contributed by atoms with Crippen molar-refractivity contribution in [2.45, 2.75) is 6.04 Å². The number of nitrogens with zero attached hydrogens (tertiary/aromatic N) is 1. The largest absolute Gasteiger partial charge is 0.467 e. The van der Waals surface area contributed by atoms with E-state index in [1.165, 1.54) is 19.2 Å². The molecule has 6 heteroatoms. The first-order valence-corrected chi connectivity index (χ1v) is 5.15. The lowest BCUT2D eigenvalue weighted by molar-refractivity contribution is -0.142. The van der Waals surface area contributed by atoms with Crippen molar-refractivity contribution in [1.82, 2.24) is 0 Å². The highest BCUT2D eigenvalue weighted by Crippen LogP contribution is 2.20. The maximum absolute atomic E-state index is 11.2. The molecule has 0 amide bonds. The van der Waals surface area contributed by atoms with Crippen molar-refractivity contribution < 1.29 is 14.6 Å². The number of rotatable bonds is 4. The Hall–Kier alpha value is -1.77. The second-order valence-corrected chi connectivity index (χ2v) is 3.62. The van der Waals surface area contributed by atoms with Gasteiger partial charge in [0.2, 0.25) is 0 Å². The molecule has 1 atom stereocenters. The zero-order chi connectivity index (χ0) is 12.8. The summed E-state index contributed by atoms with van der Waals surface area (Å²) in [6, 6.07) is 5.69. The van der Waals surface area contributed by atoms with E-state index in [0.29, 0.717) is 11.3 Å². The van der Waals surface area contributed by atoms with Crippen molar-refractivity contribution in [2.24, 2.45) is 0 Å². The topological polar surface area (TPSA) is 82.3 Å². The highest BCUT2D eigenvalue weighted by atomic mass is 35.5. The van der Waals surface area contributed by atoms with Crippen LogP contribution in [-0.2, 0) is 9.53 Å². The standard InChI is InChI=1S/C11H11ClN2O3/c1-17-11(16)10(6-15)14-8-3-2-7(5-13)9(12)4-8/h2-4,10,14-15H,6H2,1H3/t10-/m1/s1. The third-order valence-corrected chi connectivity index (χ3v) is 2.41. The highest BCUT2D eigenvalue weighted by molar-refractivity contribution is 6.32. The number of aliphatic hydroxyl groups is 1. The molecule has 0 aliphatic heterocycles. The third-order valence-electron chi connectivity index (χ3n) is 2.10. The highest BCUT2D eigenvalue weighted by Gasteiger charge is 2.17. The Morgan fingerprint density at radius 1 is 1.71 bits per heavy atom. The molecule has 0 bridgehead atoms. The zero-order valence-corrected chi connectivity index (χ0v) is 9.86. The van der Waals surface area contributed by atoms with E-state index in [-0.39, 0.29) is 5.02 Å². The first-order chi connectivity index (χ1) is 8.12. The number of hydrogen-bond acceptors (Lipinski definition) is 5. The van der Waals surface area contributed by atoms with Gasteiger partial charge in [0.15, 0.2) is 0 Å². The van der Waals surface area contributed by atoms with E-state index in [1.807, 2.05) is 6.07 Å². The minimum atomic E-state index is -0.857. The van der Waals surface area contributed by atoms with Crippen LogP contribution in [0, 0.1) is 11.3 Å². The van der Waals surface area contributed by atoms with E-state index < -0.39 is 18.6 Å². The molecule has 0 heterocycles. The predicted molar refractivity (Wildman–Crippen MR) is 62.7 cm³/mol. The molecule has 0 aliphatic rings. The maximum atomic E-state index is 11.2. The lowest BCUT2D eigenvalue weighted by Crippen LogP contribution is -2.34. The van der Waals surface area contributed by atoms with Gasteiger partial charge in [-0.15, -0.1) is 0 Å². The number of benzene rings is 1. The summed E-state index contributed by atoms with van der Waals surface area (Å²) in [7, 11) is 1.23. The number of ether oxygens (including phenoxy) is 1. The summed E-state index contributed by atoms with van der Waals surface area (Å²) in [4.78, 5) is 11.2. The summed E-state index contributed by atoms with van der Waals surface area (Å²) in [6.45, 7) is -0.399. The van der Waals surface area contributed by atoms with Crippen molar-refractivity contribution >= 4 is 23.3 Å². The quantitative estimate of drug-likeness (QED) is 0.788. The minimum absolute atomic E-state index is 0.277. The maximum Gasteiger partial charge on any atom is 0.330 e. The molecule has 0 saturated heterocycles. The lowest BCUT2D eigenvalue weighted by Gasteiger charge is -2.15. The van der Waals surface area contributed by atoms with Crippen LogP contribution in [0.25, 0.3) is 0 Å². The van der Waals surface area contributed by atoms with E-state index in [9.17, 15) is 4.79 Å². The summed E-state index contributed by atoms with van der Waals surface area (Å²) in [6.07, 6.45) is 0. The number of methoxy groups -OCH3 is 1. The number of anilines is 1. The average molecular weight is 255 g/mol. The van der Waals surface area contributed by atoms with E-state index in [2.05, 4.69) is 10.1 Å². The lowest BCUT2D eigenvalue weighted by atomic mass is 10.2. The molecule has 0 aliphatic carbocycles. The molecule has 1 rings (SSSR count). The van der Waals surface area contributed by atoms with Gasteiger partial charge in [-0.25, -0.2) is 4.79 Å². The number of halogens is 1. The van der Waals surface area contributed by atoms with Crippen LogP contribution in [-0.4, -0.2) is 30.8 Å². The number of carbonyl (C=O) groups excluding carboxylic acids is 1. The van der Waals surface area contributed by atoms with E-state index in [0.717, 1.165) is 0 Å². The summed E-state index contributed by atoms with van der Waals surface area (Å²) < 4.78 is 4.50. The minimum Gasteiger partial charge on any atom is -0.467 e. The van der Waals surface area contributed by atoms with Crippen LogP contribution >= 0.6 is 11.6 Å². The van der Waals surface area contributed by atoms with Crippen LogP contribution in [0.3, 0.4) is 0 Å². The smallest absolute Gasteiger partial charge is 0.330 e. The summed E-state index contributed by atoms with van der Waals surface area (Å²) >= 11 is 5.83. The number of aliphatic hydroxyl groups excluding tert-OH is 1. The van der Waals surface area contributed by atoms with Crippen LogP contribution in [0.15, 0.2) is 18.2 Å². The first kappa shape index (κ1) is 13.3. The number of nitriles is 1. The summed E-state index contributed by atoms with van der Waals surface area (Å²) in [5, 5.41) is 20.7. The fourth-order valence-corrected chi connectivity index (χ4v) is 1.44. The molecule has 0 saturated carbocycles. The van der Waals surface area contributed by atoms with Crippen LogP contribution in [0.5, 0.6) is 0 Å². The van der Waals surface area contributed by atoms with Crippen LogP contribution < -0.4 is 5.32 Å². The van der Waals surface area contributed by atoms with Gasteiger partial charge < -0.3 is 15.2 Å². The second-order valence-electron chi connectivity index (χ2n) is 3.21. The number of carbonyl (C=O) groups is 1. The predicted octanol–water partition coefficient (Wildman–Crippen LogP) is 1.16. The van der Waals surface area contributed by atoms with Gasteiger partial charge in [0, 0.05) is 5.69 Å². The summed E-state index contributed by atoms with van der Waals surface area (Å²) in [5.74, 6) is -0.576. The van der Waals surface area contributed by atoms with Crippen molar-refractivity contribution in [3.63, 3.8) is 0 Å². The fourth-order valence-electron chi connectivity index (χ4n) is 1.22. The van der Waals surface area contributed by atoms with Crippen LogP contribution in [0.1, 0.15) is 5.56 Å². The Bertz CT molecular complexity index is 457. The molecule has 90 valence electrons. The monoisotopic (exact) mass is 254 g/mol. The van der Waals surface area contributed by atoms with Gasteiger partial charge in [0.1, 0.15) is 12.1 Å². The van der Waals surface area contributed by atoms with Gasteiger partial charge in [-0.05, 0) is 18.2 Å². The van der Waals surface area contributed by atoms with E-state index in [4.69, 9.17) is 22.0 Å². The Morgan fingerprint density at radius 2 is 2.41 bits per heavy atom. The number of nitrogens with one attached hydrogen (secondary N) is 1. The van der Waals surface area contributed by atoms with Crippen molar-refractivity contribution in [1.29, 1.82) is 5.26 Å².